The van der Waals surface area contributed by atoms with Crippen LogP contribution in [0.2, 0.25) is 0 Å². The first-order chi connectivity index (χ1) is 13.2. The zero-order valence-corrected chi connectivity index (χ0v) is 18.6. The van der Waals surface area contributed by atoms with Crippen molar-refractivity contribution in [1.29, 1.82) is 0 Å². The molecule has 152 valence electrons. The second-order valence-corrected chi connectivity index (χ2v) is 6.64. The Balaban J connectivity index is 0.00000280. The van der Waals surface area contributed by atoms with Crippen molar-refractivity contribution in [3.63, 3.8) is 0 Å². The van der Waals surface area contributed by atoms with Crippen LogP contribution in [0.1, 0.15) is 5.56 Å². The molecule has 0 aliphatic carbocycles. The average Bonchev–Trinajstić information content (AvgIpc) is 2.72. The van der Waals surface area contributed by atoms with Crippen LogP contribution in [0.5, 0.6) is 0 Å². The number of nitrogens with zero attached hydrogens (tertiary/aromatic N) is 3. The molecule has 2 aromatic carbocycles. The fraction of sp³-hybridized carbons (Fsp3) is 0.381. The van der Waals surface area contributed by atoms with Gasteiger partial charge in [-0.05, 0) is 29.8 Å². The summed E-state index contributed by atoms with van der Waals surface area (Å²) in [4.78, 5) is 9.03. The minimum absolute atomic E-state index is 0. The molecule has 0 atom stereocenters. The molecule has 7 heteroatoms. The van der Waals surface area contributed by atoms with E-state index in [-0.39, 0.29) is 29.8 Å². The van der Waals surface area contributed by atoms with Gasteiger partial charge in [0.05, 0.1) is 0 Å². The van der Waals surface area contributed by atoms with Gasteiger partial charge in [-0.3, -0.25) is 9.89 Å². The second-order valence-electron chi connectivity index (χ2n) is 6.64. The number of piperazine rings is 1. The first-order valence-corrected chi connectivity index (χ1v) is 9.46. The van der Waals surface area contributed by atoms with Crippen LogP contribution in [0, 0.1) is 5.82 Å². The molecule has 1 fully saturated rings. The number of guanidine groups is 1. The highest BCUT2D eigenvalue weighted by Gasteiger charge is 2.16. The van der Waals surface area contributed by atoms with Gasteiger partial charge in [0.25, 0.3) is 0 Å². The number of anilines is 1. The minimum atomic E-state index is -0.183. The molecule has 0 bridgehead atoms. The number of aliphatic imine (C=N–C) groups is 1. The van der Waals surface area contributed by atoms with Gasteiger partial charge in [-0.15, -0.1) is 24.0 Å². The lowest BCUT2D eigenvalue weighted by molar-refractivity contribution is 0.261. The lowest BCUT2D eigenvalue weighted by Crippen LogP contribution is -2.49. The summed E-state index contributed by atoms with van der Waals surface area (Å²) in [7, 11) is 1.79. The number of rotatable bonds is 6. The summed E-state index contributed by atoms with van der Waals surface area (Å²) < 4.78 is 13.1. The molecule has 5 nitrogen and oxygen atoms in total. The van der Waals surface area contributed by atoms with E-state index in [2.05, 4.69) is 37.6 Å². The van der Waals surface area contributed by atoms with Crippen LogP contribution in [-0.2, 0) is 6.54 Å². The minimum Gasteiger partial charge on any atom is -0.369 e. The highest BCUT2D eigenvalue weighted by molar-refractivity contribution is 14.0. The summed E-state index contributed by atoms with van der Waals surface area (Å²) in [6.07, 6.45) is 0. The Morgan fingerprint density at radius 3 is 2.29 bits per heavy atom. The Morgan fingerprint density at radius 2 is 1.64 bits per heavy atom. The Hall–Kier alpha value is -1.87. The van der Waals surface area contributed by atoms with Crippen LogP contribution in [0.15, 0.2) is 59.6 Å². The van der Waals surface area contributed by atoms with Gasteiger partial charge in [0, 0.05) is 58.5 Å². The van der Waals surface area contributed by atoms with Gasteiger partial charge in [-0.25, -0.2) is 4.39 Å². The third kappa shape index (κ3) is 6.94. The molecule has 0 unspecified atom stereocenters. The van der Waals surface area contributed by atoms with E-state index in [0.29, 0.717) is 0 Å². The van der Waals surface area contributed by atoms with Crippen molar-refractivity contribution in [2.24, 2.45) is 4.99 Å². The van der Waals surface area contributed by atoms with Crippen LogP contribution < -0.4 is 15.5 Å². The highest BCUT2D eigenvalue weighted by Crippen LogP contribution is 2.16. The summed E-state index contributed by atoms with van der Waals surface area (Å²) >= 11 is 0. The van der Waals surface area contributed by atoms with Crippen LogP contribution in [0.25, 0.3) is 0 Å². The highest BCUT2D eigenvalue weighted by atomic mass is 127. The maximum atomic E-state index is 13.1. The molecule has 1 aliphatic rings. The van der Waals surface area contributed by atoms with Crippen molar-refractivity contribution in [2.45, 2.75) is 6.54 Å². The lowest BCUT2D eigenvalue weighted by atomic mass is 10.2. The maximum absolute atomic E-state index is 13.1. The van der Waals surface area contributed by atoms with Gasteiger partial charge < -0.3 is 15.5 Å². The van der Waals surface area contributed by atoms with Gasteiger partial charge in [-0.2, -0.15) is 0 Å². The number of hydrogen-bond donors (Lipinski definition) is 2. The molecule has 2 N–H and O–H groups in total. The molecule has 1 saturated heterocycles. The van der Waals surface area contributed by atoms with E-state index in [4.69, 9.17) is 0 Å². The van der Waals surface area contributed by atoms with Crippen molar-refractivity contribution in [3.05, 3.63) is 66.0 Å². The molecule has 2 aromatic rings. The van der Waals surface area contributed by atoms with Crippen LogP contribution in [0.4, 0.5) is 10.1 Å². The molecule has 0 amide bonds. The number of nitrogens with one attached hydrogen (secondary N) is 2. The Bertz CT molecular complexity index is 715. The SMILES string of the molecule is CN=C(NCCN1CCN(c2ccc(F)cc2)CC1)NCc1ccccc1.I. The van der Waals surface area contributed by atoms with Crippen molar-refractivity contribution >= 4 is 35.6 Å². The van der Waals surface area contributed by atoms with Crippen LogP contribution in [0.3, 0.4) is 0 Å². The third-order valence-corrected chi connectivity index (χ3v) is 4.81. The largest absolute Gasteiger partial charge is 0.369 e. The van der Waals surface area contributed by atoms with Gasteiger partial charge >= 0.3 is 0 Å². The van der Waals surface area contributed by atoms with Gasteiger partial charge in [-0.1, -0.05) is 30.3 Å². The summed E-state index contributed by atoms with van der Waals surface area (Å²) in [6, 6.07) is 17.1. The third-order valence-electron chi connectivity index (χ3n) is 4.81. The summed E-state index contributed by atoms with van der Waals surface area (Å²) in [6.45, 7) is 6.54. The monoisotopic (exact) mass is 497 g/mol. The van der Waals surface area contributed by atoms with Gasteiger partial charge in [0.15, 0.2) is 5.96 Å². The first-order valence-electron chi connectivity index (χ1n) is 9.46. The van der Waals surface area contributed by atoms with E-state index in [0.717, 1.165) is 57.5 Å². The van der Waals surface area contributed by atoms with Gasteiger partial charge in [0.2, 0.25) is 0 Å². The average molecular weight is 497 g/mol. The lowest BCUT2D eigenvalue weighted by Gasteiger charge is -2.36. The molecular weight excluding hydrogens is 468 g/mol. The van der Waals surface area contributed by atoms with Crippen molar-refractivity contribution in [3.8, 4) is 0 Å². The summed E-state index contributed by atoms with van der Waals surface area (Å²) in [5, 5.41) is 6.72. The van der Waals surface area contributed by atoms with E-state index >= 15 is 0 Å². The van der Waals surface area contributed by atoms with E-state index in [1.54, 1.807) is 7.05 Å². The zero-order chi connectivity index (χ0) is 18.9. The molecule has 1 heterocycles. The van der Waals surface area contributed by atoms with E-state index in [9.17, 15) is 4.39 Å². The Labute approximate surface area is 184 Å². The first kappa shape index (κ1) is 22.4. The van der Waals surface area contributed by atoms with Gasteiger partial charge in [0.1, 0.15) is 5.82 Å². The standard InChI is InChI=1S/C21H28FN5.HI/c1-23-21(25-17-18-5-3-2-4-6-18)24-11-12-26-13-15-27(16-14-26)20-9-7-19(22)8-10-20;/h2-10H,11-17H2,1H3,(H2,23,24,25);1H. The summed E-state index contributed by atoms with van der Waals surface area (Å²) in [5.74, 6) is 0.640. The number of halogens is 2. The molecule has 0 aromatic heterocycles. The van der Waals surface area contributed by atoms with E-state index in [1.165, 1.54) is 17.7 Å². The maximum Gasteiger partial charge on any atom is 0.191 e. The predicted molar refractivity (Wildman–Crippen MR) is 125 cm³/mol. The quantitative estimate of drug-likeness (QED) is 0.366. The van der Waals surface area contributed by atoms with E-state index < -0.39 is 0 Å². The van der Waals surface area contributed by atoms with Crippen LogP contribution >= 0.6 is 24.0 Å². The predicted octanol–water partition coefficient (Wildman–Crippen LogP) is 2.93. The van der Waals surface area contributed by atoms with Crippen LogP contribution in [-0.4, -0.2) is 57.2 Å². The van der Waals surface area contributed by atoms with E-state index in [1.807, 2.05) is 30.3 Å². The molecular formula is C21H29FIN5. The molecule has 0 radical (unpaired) electrons. The Kier molecular flexibility index (Phi) is 9.49. The second kappa shape index (κ2) is 11.9. The van der Waals surface area contributed by atoms with Crippen molar-refractivity contribution in [2.75, 3.05) is 51.2 Å². The molecule has 3 rings (SSSR count). The molecule has 0 saturated carbocycles. The fourth-order valence-electron chi connectivity index (χ4n) is 3.22. The summed E-state index contributed by atoms with van der Waals surface area (Å²) in [5.41, 5.74) is 2.33. The zero-order valence-electron chi connectivity index (χ0n) is 16.3. The molecule has 28 heavy (non-hydrogen) atoms. The topological polar surface area (TPSA) is 42.9 Å². The van der Waals surface area contributed by atoms with Crippen molar-refractivity contribution in [1.82, 2.24) is 15.5 Å². The normalized spacial score (nSPS) is 15.1. The smallest absolute Gasteiger partial charge is 0.191 e. The number of benzene rings is 2. The molecule has 1 aliphatic heterocycles. The molecule has 0 spiro atoms. The fourth-order valence-corrected chi connectivity index (χ4v) is 3.22. The Morgan fingerprint density at radius 1 is 0.964 bits per heavy atom. The van der Waals surface area contributed by atoms with Crippen molar-refractivity contribution < 1.29 is 4.39 Å². The number of hydrogen-bond acceptors (Lipinski definition) is 3.